The number of nitrogens with zero attached hydrogens (tertiary/aromatic N) is 2. The Hall–Kier alpha value is -2.43. The van der Waals surface area contributed by atoms with Crippen LogP contribution in [-0.2, 0) is 6.42 Å². The Labute approximate surface area is 122 Å². The summed E-state index contributed by atoms with van der Waals surface area (Å²) < 4.78 is 13.4. The van der Waals surface area contributed by atoms with Crippen molar-refractivity contribution < 1.29 is 9.18 Å². The number of rotatable bonds is 1. The Kier molecular flexibility index (Phi) is 3.33. The number of nitrogens with two attached hydrogens (primary N) is 1. The third kappa shape index (κ3) is 2.35. The maximum atomic E-state index is 13.4. The minimum absolute atomic E-state index is 0.0371. The number of pyridine rings is 1. The minimum atomic E-state index is -0.564. The van der Waals surface area contributed by atoms with E-state index >= 15 is 0 Å². The van der Waals surface area contributed by atoms with Gasteiger partial charge in [-0.05, 0) is 37.5 Å². The number of carbonyl (C=O) groups is 1. The molecule has 2 heterocycles. The van der Waals surface area contributed by atoms with E-state index in [4.69, 9.17) is 5.73 Å². The van der Waals surface area contributed by atoms with Gasteiger partial charge in [-0.3, -0.25) is 4.79 Å². The van der Waals surface area contributed by atoms with Crippen molar-refractivity contribution in [2.45, 2.75) is 25.8 Å². The van der Waals surface area contributed by atoms with Gasteiger partial charge in [0.15, 0.2) is 0 Å². The van der Waals surface area contributed by atoms with Crippen LogP contribution in [0.15, 0.2) is 36.5 Å². The summed E-state index contributed by atoms with van der Waals surface area (Å²) in [5.41, 5.74) is 7.83. The molecule has 1 aliphatic heterocycles. The van der Waals surface area contributed by atoms with Gasteiger partial charge < -0.3 is 10.6 Å². The Bertz CT molecular complexity index is 702. The van der Waals surface area contributed by atoms with E-state index in [0.29, 0.717) is 0 Å². The molecule has 2 aromatic rings. The summed E-state index contributed by atoms with van der Waals surface area (Å²) in [6.45, 7) is 1.98. The zero-order chi connectivity index (χ0) is 15.0. The van der Waals surface area contributed by atoms with E-state index in [1.165, 1.54) is 0 Å². The predicted molar refractivity (Wildman–Crippen MR) is 79.6 cm³/mol. The second-order valence-corrected chi connectivity index (χ2v) is 5.28. The number of anilines is 2. The molecule has 2 N–H and O–H groups in total. The molecular formula is C16H16FN3O. The van der Waals surface area contributed by atoms with Crippen molar-refractivity contribution in [1.29, 1.82) is 0 Å². The number of carbonyl (C=O) groups excluding carboxylic acids is 1. The van der Waals surface area contributed by atoms with Gasteiger partial charge in [-0.15, -0.1) is 0 Å². The van der Waals surface area contributed by atoms with Crippen molar-refractivity contribution in [2.24, 2.45) is 0 Å². The number of halogens is 1. The first-order valence-electron chi connectivity index (χ1n) is 6.90. The third-order valence-electron chi connectivity index (χ3n) is 3.86. The number of amides is 1. The third-order valence-corrected chi connectivity index (χ3v) is 3.86. The van der Waals surface area contributed by atoms with Crippen molar-refractivity contribution in [2.75, 3.05) is 10.6 Å². The number of nitrogen functional groups attached to an aromatic ring is 1. The fraction of sp³-hybridized carbons (Fsp3) is 0.250. The van der Waals surface area contributed by atoms with E-state index in [1.807, 2.05) is 31.2 Å². The van der Waals surface area contributed by atoms with Gasteiger partial charge in [-0.25, -0.2) is 9.37 Å². The average molecular weight is 285 g/mol. The summed E-state index contributed by atoms with van der Waals surface area (Å²) >= 11 is 0. The summed E-state index contributed by atoms with van der Waals surface area (Å²) in [4.78, 5) is 18.2. The van der Waals surface area contributed by atoms with Gasteiger partial charge >= 0.3 is 0 Å². The zero-order valence-electron chi connectivity index (χ0n) is 11.7. The molecule has 1 aromatic heterocycles. The largest absolute Gasteiger partial charge is 0.383 e. The lowest BCUT2D eigenvalue weighted by Gasteiger charge is -2.35. The van der Waals surface area contributed by atoms with Crippen LogP contribution in [0.25, 0.3) is 0 Å². The summed E-state index contributed by atoms with van der Waals surface area (Å²) in [7, 11) is 0. The van der Waals surface area contributed by atoms with Crippen LogP contribution in [0.2, 0.25) is 0 Å². The Morgan fingerprint density at radius 2 is 2.19 bits per heavy atom. The molecule has 0 saturated carbocycles. The second kappa shape index (κ2) is 5.16. The van der Waals surface area contributed by atoms with Crippen molar-refractivity contribution in [3.05, 3.63) is 53.5 Å². The molecule has 1 aromatic carbocycles. The summed E-state index contributed by atoms with van der Waals surface area (Å²) in [5, 5.41) is 0. The number of para-hydroxylation sites is 1. The fourth-order valence-electron chi connectivity index (χ4n) is 2.75. The summed E-state index contributed by atoms with van der Waals surface area (Å²) in [6, 6.07) is 8.95. The van der Waals surface area contributed by atoms with Crippen LogP contribution < -0.4 is 10.6 Å². The lowest BCUT2D eigenvalue weighted by atomic mass is 9.96. The molecule has 1 aliphatic rings. The SMILES string of the molecule is CC1CCc2ccccc2N1C(=O)c1cc(F)cnc1N. The highest BCUT2D eigenvalue weighted by atomic mass is 19.1. The van der Waals surface area contributed by atoms with Crippen LogP contribution in [0.1, 0.15) is 29.3 Å². The first-order valence-corrected chi connectivity index (χ1v) is 6.90. The first kappa shape index (κ1) is 13.5. The van der Waals surface area contributed by atoms with Gasteiger partial charge in [0.25, 0.3) is 5.91 Å². The molecule has 0 aliphatic carbocycles. The Morgan fingerprint density at radius 1 is 1.43 bits per heavy atom. The molecule has 1 atom stereocenters. The topological polar surface area (TPSA) is 59.2 Å². The molecule has 108 valence electrons. The van der Waals surface area contributed by atoms with Crippen molar-refractivity contribution in [1.82, 2.24) is 4.98 Å². The second-order valence-electron chi connectivity index (χ2n) is 5.28. The predicted octanol–water partition coefficient (Wildman–Crippen LogP) is 2.78. The molecule has 0 radical (unpaired) electrons. The molecule has 0 fully saturated rings. The molecule has 0 saturated heterocycles. The molecule has 5 heteroatoms. The van der Waals surface area contributed by atoms with Crippen LogP contribution in [0.3, 0.4) is 0 Å². The highest BCUT2D eigenvalue weighted by Gasteiger charge is 2.30. The lowest BCUT2D eigenvalue weighted by Crippen LogP contribution is -2.42. The normalized spacial score (nSPS) is 17.4. The van der Waals surface area contributed by atoms with Gasteiger partial charge in [0, 0.05) is 11.7 Å². The van der Waals surface area contributed by atoms with E-state index in [0.717, 1.165) is 36.4 Å². The van der Waals surface area contributed by atoms with Crippen LogP contribution >= 0.6 is 0 Å². The molecule has 1 unspecified atom stereocenters. The van der Waals surface area contributed by atoms with E-state index in [9.17, 15) is 9.18 Å². The lowest BCUT2D eigenvalue weighted by molar-refractivity contribution is 0.0975. The maximum Gasteiger partial charge on any atom is 0.262 e. The molecule has 3 rings (SSSR count). The highest BCUT2D eigenvalue weighted by molar-refractivity contribution is 6.09. The van der Waals surface area contributed by atoms with Gasteiger partial charge in [-0.1, -0.05) is 18.2 Å². The first-order chi connectivity index (χ1) is 10.1. The number of fused-ring (bicyclic) bond motifs is 1. The number of aryl methyl sites for hydroxylation is 1. The molecule has 21 heavy (non-hydrogen) atoms. The molecule has 0 bridgehead atoms. The van der Waals surface area contributed by atoms with Crippen LogP contribution in [0, 0.1) is 5.82 Å². The van der Waals surface area contributed by atoms with Gasteiger partial charge in [0.05, 0.1) is 11.8 Å². The summed E-state index contributed by atoms with van der Waals surface area (Å²) in [5.74, 6) is -0.818. The van der Waals surface area contributed by atoms with Crippen molar-refractivity contribution >= 4 is 17.4 Å². The van der Waals surface area contributed by atoms with E-state index in [2.05, 4.69) is 4.98 Å². The Morgan fingerprint density at radius 3 is 3.00 bits per heavy atom. The average Bonchev–Trinajstić information content (AvgIpc) is 2.49. The summed E-state index contributed by atoms with van der Waals surface area (Å²) in [6.07, 6.45) is 2.81. The molecule has 1 amide bonds. The molecular weight excluding hydrogens is 269 g/mol. The minimum Gasteiger partial charge on any atom is -0.383 e. The number of hydrogen-bond donors (Lipinski definition) is 1. The zero-order valence-corrected chi connectivity index (χ0v) is 11.7. The van der Waals surface area contributed by atoms with E-state index in [-0.39, 0.29) is 23.3 Å². The quantitative estimate of drug-likeness (QED) is 0.876. The van der Waals surface area contributed by atoms with Gasteiger partial charge in [-0.2, -0.15) is 0 Å². The monoisotopic (exact) mass is 285 g/mol. The van der Waals surface area contributed by atoms with E-state index in [1.54, 1.807) is 4.90 Å². The van der Waals surface area contributed by atoms with Crippen LogP contribution in [-0.4, -0.2) is 16.9 Å². The fourth-order valence-corrected chi connectivity index (χ4v) is 2.75. The van der Waals surface area contributed by atoms with Crippen molar-refractivity contribution in [3.63, 3.8) is 0 Å². The molecule has 0 spiro atoms. The Balaban J connectivity index is 2.07. The van der Waals surface area contributed by atoms with Crippen LogP contribution in [0.4, 0.5) is 15.9 Å². The van der Waals surface area contributed by atoms with Crippen LogP contribution in [0.5, 0.6) is 0 Å². The molecule has 4 nitrogen and oxygen atoms in total. The maximum absolute atomic E-state index is 13.4. The number of aromatic nitrogens is 1. The van der Waals surface area contributed by atoms with E-state index < -0.39 is 5.82 Å². The number of hydrogen-bond acceptors (Lipinski definition) is 3. The standard InChI is InChI=1S/C16H16FN3O/c1-10-6-7-11-4-2-3-5-14(11)20(10)16(21)13-8-12(17)9-19-15(13)18/h2-5,8-10H,6-7H2,1H3,(H2,18,19). The highest BCUT2D eigenvalue weighted by Crippen LogP contribution is 2.32. The van der Waals surface area contributed by atoms with Gasteiger partial charge in [0.2, 0.25) is 0 Å². The van der Waals surface area contributed by atoms with Crippen molar-refractivity contribution in [3.8, 4) is 0 Å². The number of benzene rings is 1. The smallest absolute Gasteiger partial charge is 0.262 e. The van der Waals surface area contributed by atoms with Gasteiger partial charge in [0.1, 0.15) is 11.6 Å².